The molecule has 0 unspecified atom stereocenters. The maximum absolute atomic E-state index is 13.5. The molecule has 0 aliphatic heterocycles. The fraction of sp³-hybridized carbons (Fsp3) is 0.286. The Morgan fingerprint density at radius 3 is 2.81 bits per heavy atom. The van der Waals surface area contributed by atoms with Gasteiger partial charge >= 0.3 is 5.97 Å². The predicted molar refractivity (Wildman–Crippen MR) is 81.0 cm³/mol. The Kier molecular flexibility index (Phi) is 4.62. The van der Waals surface area contributed by atoms with Crippen molar-refractivity contribution in [3.63, 3.8) is 0 Å². The van der Waals surface area contributed by atoms with Gasteiger partial charge in [0.15, 0.2) is 5.69 Å². The van der Waals surface area contributed by atoms with Crippen LogP contribution in [0.1, 0.15) is 30.2 Å². The van der Waals surface area contributed by atoms with Gasteiger partial charge in [-0.3, -0.25) is 4.57 Å². The van der Waals surface area contributed by atoms with Crippen LogP contribution < -0.4 is 5.73 Å². The molecule has 2 N–H and O–H groups in total. The van der Waals surface area contributed by atoms with Crippen molar-refractivity contribution < 1.29 is 13.9 Å². The topological polar surface area (TPSA) is 70.1 Å². The second-order valence-corrected chi connectivity index (χ2v) is 5.12. The maximum atomic E-state index is 13.5. The van der Waals surface area contributed by atoms with Crippen LogP contribution in [0.15, 0.2) is 22.7 Å². The summed E-state index contributed by atoms with van der Waals surface area (Å²) in [6.45, 7) is 3.81. The van der Waals surface area contributed by atoms with Crippen molar-refractivity contribution in [2.75, 3.05) is 12.3 Å². The second kappa shape index (κ2) is 6.26. The van der Waals surface area contributed by atoms with E-state index in [1.165, 1.54) is 12.1 Å². The van der Waals surface area contributed by atoms with Crippen LogP contribution in [-0.4, -0.2) is 22.1 Å². The van der Waals surface area contributed by atoms with Crippen molar-refractivity contribution in [1.82, 2.24) is 9.55 Å². The van der Waals surface area contributed by atoms with E-state index >= 15 is 0 Å². The number of carbonyl (C=O) groups is 1. The Hall–Kier alpha value is -1.89. The molecule has 0 saturated heterocycles. The molecule has 1 aromatic carbocycles. The number of aryl methyl sites for hydroxylation is 1. The number of ether oxygens (including phenoxy) is 1. The zero-order chi connectivity index (χ0) is 15.6. The first kappa shape index (κ1) is 15.5. The summed E-state index contributed by atoms with van der Waals surface area (Å²) in [6.07, 6.45) is 0.534. The Bertz CT molecular complexity index is 685. The summed E-state index contributed by atoms with van der Waals surface area (Å²) in [4.78, 5) is 16.1. The van der Waals surface area contributed by atoms with E-state index in [0.29, 0.717) is 22.4 Å². The van der Waals surface area contributed by atoms with Crippen LogP contribution in [0.4, 0.5) is 10.2 Å². The van der Waals surface area contributed by atoms with Gasteiger partial charge in [0, 0.05) is 10.9 Å². The van der Waals surface area contributed by atoms with Gasteiger partial charge < -0.3 is 10.5 Å². The lowest BCUT2D eigenvalue weighted by molar-refractivity contribution is 0.0521. The van der Waals surface area contributed by atoms with Gasteiger partial charge in [-0.25, -0.2) is 14.2 Å². The third kappa shape index (κ3) is 2.92. The summed E-state index contributed by atoms with van der Waals surface area (Å²) < 4.78 is 20.6. The maximum Gasteiger partial charge on any atom is 0.360 e. The normalized spacial score (nSPS) is 10.7. The highest BCUT2D eigenvalue weighted by Gasteiger charge is 2.22. The van der Waals surface area contributed by atoms with Gasteiger partial charge in [-0.2, -0.15) is 0 Å². The van der Waals surface area contributed by atoms with E-state index in [4.69, 9.17) is 10.5 Å². The van der Waals surface area contributed by atoms with E-state index in [1.54, 1.807) is 17.6 Å². The Labute approximate surface area is 130 Å². The highest BCUT2D eigenvalue weighted by Crippen LogP contribution is 2.28. The van der Waals surface area contributed by atoms with Gasteiger partial charge in [0.25, 0.3) is 0 Å². The first-order valence-electron chi connectivity index (χ1n) is 6.49. The van der Waals surface area contributed by atoms with Crippen LogP contribution in [0, 0.1) is 5.82 Å². The first-order valence-corrected chi connectivity index (χ1v) is 7.28. The quantitative estimate of drug-likeness (QED) is 0.855. The number of halogens is 2. The number of hydrogen-bond acceptors (Lipinski definition) is 4. The number of nitrogen functional groups attached to an aromatic ring is 1. The van der Waals surface area contributed by atoms with Crippen molar-refractivity contribution in [1.29, 1.82) is 0 Å². The molecule has 21 heavy (non-hydrogen) atoms. The zero-order valence-corrected chi connectivity index (χ0v) is 13.3. The second-order valence-electron chi connectivity index (χ2n) is 4.27. The Morgan fingerprint density at radius 2 is 2.19 bits per heavy atom. The van der Waals surface area contributed by atoms with E-state index < -0.39 is 11.8 Å². The van der Waals surface area contributed by atoms with Crippen molar-refractivity contribution in [3.05, 3.63) is 40.0 Å². The average Bonchev–Trinajstić information content (AvgIpc) is 2.78. The van der Waals surface area contributed by atoms with Gasteiger partial charge in [0.1, 0.15) is 17.5 Å². The van der Waals surface area contributed by atoms with Crippen molar-refractivity contribution in [2.24, 2.45) is 0 Å². The first-order chi connectivity index (χ1) is 9.99. The van der Waals surface area contributed by atoms with Crippen molar-refractivity contribution in [2.45, 2.75) is 20.3 Å². The SMILES string of the molecule is CCOC(=O)c1nc(CC)n(-c2cc(F)ccc2Br)c1N. The Morgan fingerprint density at radius 1 is 1.48 bits per heavy atom. The number of anilines is 1. The smallest absolute Gasteiger partial charge is 0.360 e. The van der Waals surface area contributed by atoms with Crippen molar-refractivity contribution in [3.8, 4) is 5.69 Å². The molecule has 0 saturated carbocycles. The molecule has 7 heteroatoms. The zero-order valence-electron chi connectivity index (χ0n) is 11.7. The number of nitrogens with zero attached hydrogens (tertiary/aromatic N) is 2. The third-order valence-corrected chi connectivity index (χ3v) is 3.59. The summed E-state index contributed by atoms with van der Waals surface area (Å²) in [6, 6.07) is 4.24. The largest absolute Gasteiger partial charge is 0.461 e. The average molecular weight is 356 g/mol. The molecular formula is C14H15BrFN3O2. The van der Waals surface area contributed by atoms with Crippen LogP contribution >= 0.6 is 15.9 Å². The number of aromatic nitrogens is 2. The molecule has 2 rings (SSSR count). The molecule has 0 aliphatic rings. The van der Waals surface area contributed by atoms with Crippen LogP contribution in [0.25, 0.3) is 5.69 Å². The minimum absolute atomic E-state index is 0.0462. The minimum atomic E-state index is -0.587. The van der Waals surface area contributed by atoms with Gasteiger partial charge in [-0.05, 0) is 41.1 Å². The number of nitrogens with two attached hydrogens (primary N) is 1. The molecule has 0 amide bonds. The van der Waals surface area contributed by atoms with Crippen LogP contribution in [0.5, 0.6) is 0 Å². The molecule has 1 heterocycles. The molecule has 0 bridgehead atoms. The van der Waals surface area contributed by atoms with E-state index in [9.17, 15) is 9.18 Å². The van der Waals surface area contributed by atoms with Gasteiger partial charge in [0.05, 0.1) is 12.3 Å². The summed E-state index contributed by atoms with van der Waals surface area (Å²) in [5, 5.41) is 0. The number of rotatable bonds is 4. The predicted octanol–water partition coefficient (Wildman–Crippen LogP) is 3.10. The summed E-state index contributed by atoms with van der Waals surface area (Å²) in [5.41, 5.74) is 6.56. The van der Waals surface area contributed by atoms with E-state index in [0.717, 1.165) is 0 Å². The highest BCUT2D eigenvalue weighted by atomic mass is 79.9. The molecule has 1 aromatic heterocycles. The fourth-order valence-electron chi connectivity index (χ4n) is 1.99. The number of benzene rings is 1. The van der Waals surface area contributed by atoms with E-state index in [1.807, 2.05) is 6.92 Å². The Balaban J connectivity index is 2.63. The molecule has 2 aromatic rings. The molecular weight excluding hydrogens is 341 g/mol. The highest BCUT2D eigenvalue weighted by molar-refractivity contribution is 9.10. The molecule has 112 valence electrons. The van der Waals surface area contributed by atoms with E-state index in [2.05, 4.69) is 20.9 Å². The standard InChI is InChI=1S/C14H15BrFN3O2/c1-3-11-18-12(14(20)21-4-2)13(17)19(11)10-7-8(16)5-6-9(10)15/h5-7H,3-4,17H2,1-2H3. The van der Waals surface area contributed by atoms with Gasteiger partial charge in [0.2, 0.25) is 0 Å². The number of carbonyl (C=O) groups excluding carboxylic acids is 1. The monoisotopic (exact) mass is 355 g/mol. The summed E-state index contributed by atoms with van der Waals surface area (Å²) in [5.74, 6) is -0.296. The molecule has 5 nitrogen and oxygen atoms in total. The van der Waals surface area contributed by atoms with Crippen LogP contribution in [-0.2, 0) is 11.2 Å². The summed E-state index contributed by atoms with van der Waals surface area (Å²) in [7, 11) is 0. The summed E-state index contributed by atoms with van der Waals surface area (Å²) >= 11 is 3.35. The van der Waals surface area contributed by atoms with Crippen molar-refractivity contribution >= 4 is 27.7 Å². The number of hydrogen-bond donors (Lipinski definition) is 1. The lowest BCUT2D eigenvalue weighted by Gasteiger charge is -2.11. The number of esters is 1. The molecule has 0 fully saturated rings. The minimum Gasteiger partial charge on any atom is -0.461 e. The molecule has 0 spiro atoms. The van der Waals surface area contributed by atoms with Gasteiger partial charge in [-0.15, -0.1) is 0 Å². The van der Waals surface area contributed by atoms with Crippen LogP contribution in [0.3, 0.4) is 0 Å². The molecule has 0 atom stereocenters. The lowest BCUT2D eigenvalue weighted by Crippen LogP contribution is -2.10. The number of imidazole rings is 1. The van der Waals surface area contributed by atoms with Crippen LogP contribution in [0.2, 0.25) is 0 Å². The molecule has 0 aliphatic carbocycles. The van der Waals surface area contributed by atoms with Gasteiger partial charge in [-0.1, -0.05) is 6.92 Å². The fourth-order valence-corrected chi connectivity index (χ4v) is 2.42. The van der Waals surface area contributed by atoms with E-state index in [-0.39, 0.29) is 18.1 Å². The third-order valence-electron chi connectivity index (χ3n) is 2.92. The lowest BCUT2D eigenvalue weighted by atomic mass is 10.3. The molecule has 0 radical (unpaired) electrons.